The summed E-state index contributed by atoms with van der Waals surface area (Å²) in [5, 5.41) is 9.13. The minimum Gasteiger partial charge on any atom is -0.396 e. The second-order valence-electron chi connectivity index (χ2n) is 2.86. The van der Waals surface area contributed by atoms with Crippen molar-refractivity contribution < 1.29 is 9.84 Å². The molecule has 3 heteroatoms. The van der Waals surface area contributed by atoms with Crippen LogP contribution in [0.3, 0.4) is 0 Å². The molecule has 1 aromatic carbocycles. The molecule has 72 valence electrons. The van der Waals surface area contributed by atoms with Crippen molar-refractivity contribution in [2.24, 2.45) is 0 Å². The second kappa shape index (κ2) is 5.37. The monoisotopic (exact) mass is 244 g/mol. The molecule has 13 heavy (non-hydrogen) atoms. The molecule has 0 fully saturated rings. The third-order valence-electron chi connectivity index (χ3n) is 1.93. The number of halogens is 1. The van der Waals surface area contributed by atoms with Gasteiger partial charge in [-0.3, -0.25) is 0 Å². The van der Waals surface area contributed by atoms with Crippen LogP contribution in [-0.2, 0) is 4.74 Å². The molecular weight excluding hydrogens is 232 g/mol. The topological polar surface area (TPSA) is 29.5 Å². The van der Waals surface area contributed by atoms with Crippen molar-refractivity contribution in [2.75, 3.05) is 20.3 Å². The molecule has 0 saturated carbocycles. The highest BCUT2D eigenvalue weighted by atomic mass is 79.9. The van der Waals surface area contributed by atoms with Gasteiger partial charge in [0, 0.05) is 17.5 Å². The molecule has 1 atom stereocenters. The zero-order valence-electron chi connectivity index (χ0n) is 7.53. The molecule has 0 heterocycles. The first-order valence-electron chi connectivity index (χ1n) is 4.13. The van der Waals surface area contributed by atoms with E-state index < -0.39 is 0 Å². The van der Waals surface area contributed by atoms with E-state index in [1.54, 1.807) is 7.11 Å². The maximum Gasteiger partial charge on any atom is 0.0553 e. The zero-order chi connectivity index (χ0) is 9.68. The van der Waals surface area contributed by atoms with Gasteiger partial charge in [-0.25, -0.2) is 0 Å². The van der Waals surface area contributed by atoms with Gasteiger partial charge in [0.1, 0.15) is 0 Å². The average molecular weight is 245 g/mol. The number of rotatable bonds is 4. The van der Waals surface area contributed by atoms with Gasteiger partial charge in [0.2, 0.25) is 0 Å². The molecule has 0 radical (unpaired) electrons. The van der Waals surface area contributed by atoms with Gasteiger partial charge in [0.25, 0.3) is 0 Å². The number of ether oxygens (including phenoxy) is 1. The van der Waals surface area contributed by atoms with E-state index >= 15 is 0 Å². The van der Waals surface area contributed by atoms with Gasteiger partial charge in [-0.2, -0.15) is 0 Å². The first-order chi connectivity index (χ1) is 6.29. The van der Waals surface area contributed by atoms with Crippen molar-refractivity contribution in [1.29, 1.82) is 0 Å². The van der Waals surface area contributed by atoms with Crippen LogP contribution < -0.4 is 0 Å². The molecule has 0 spiro atoms. The summed E-state index contributed by atoms with van der Waals surface area (Å²) >= 11 is 3.44. The molecule has 0 amide bonds. The summed E-state index contributed by atoms with van der Waals surface area (Å²) in [6.07, 6.45) is 0. The lowest BCUT2D eigenvalue weighted by Gasteiger charge is -2.14. The molecule has 0 aliphatic carbocycles. The molecule has 0 aliphatic rings. The van der Waals surface area contributed by atoms with Gasteiger partial charge < -0.3 is 9.84 Å². The van der Waals surface area contributed by atoms with E-state index in [1.807, 2.05) is 24.3 Å². The highest BCUT2D eigenvalue weighted by molar-refractivity contribution is 9.10. The molecule has 1 unspecified atom stereocenters. The Hall–Kier alpha value is -0.380. The molecule has 1 rings (SSSR count). The highest BCUT2D eigenvalue weighted by Crippen LogP contribution is 2.24. The van der Waals surface area contributed by atoms with Crippen LogP contribution in [0.2, 0.25) is 0 Å². The van der Waals surface area contributed by atoms with Crippen LogP contribution in [0, 0.1) is 0 Å². The van der Waals surface area contributed by atoms with Crippen LogP contribution in [0.5, 0.6) is 0 Å². The lowest BCUT2D eigenvalue weighted by atomic mass is 10.0. The Labute approximate surface area is 86.7 Å². The predicted octanol–water partition coefficient (Wildman–Crippen LogP) is 2.17. The first-order valence-corrected chi connectivity index (χ1v) is 4.93. The predicted molar refractivity (Wildman–Crippen MR) is 55.8 cm³/mol. The Morgan fingerprint density at radius 2 is 2.15 bits per heavy atom. The molecule has 0 aromatic heterocycles. The van der Waals surface area contributed by atoms with Gasteiger partial charge in [-0.15, -0.1) is 0 Å². The van der Waals surface area contributed by atoms with E-state index in [0.717, 1.165) is 10.0 Å². The van der Waals surface area contributed by atoms with Crippen molar-refractivity contribution in [3.05, 3.63) is 34.3 Å². The SMILES string of the molecule is COCC(CO)c1ccccc1Br. The van der Waals surface area contributed by atoms with Gasteiger partial charge >= 0.3 is 0 Å². The molecule has 2 nitrogen and oxygen atoms in total. The van der Waals surface area contributed by atoms with E-state index in [2.05, 4.69) is 15.9 Å². The summed E-state index contributed by atoms with van der Waals surface area (Å²) < 4.78 is 6.04. The number of benzene rings is 1. The summed E-state index contributed by atoms with van der Waals surface area (Å²) in [5.41, 5.74) is 1.09. The number of aliphatic hydroxyl groups excluding tert-OH is 1. The lowest BCUT2D eigenvalue weighted by Crippen LogP contribution is -2.11. The highest BCUT2D eigenvalue weighted by Gasteiger charge is 2.12. The molecule has 0 bridgehead atoms. The van der Waals surface area contributed by atoms with Gasteiger partial charge in [0.05, 0.1) is 13.2 Å². The fraction of sp³-hybridized carbons (Fsp3) is 0.400. The molecule has 1 N–H and O–H groups in total. The van der Waals surface area contributed by atoms with Crippen molar-refractivity contribution in [2.45, 2.75) is 5.92 Å². The quantitative estimate of drug-likeness (QED) is 0.880. The number of hydrogen-bond donors (Lipinski definition) is 1. The number of methoxy groups -OCH3 is 1. The largest absolute Gasteiger partial charge is 0.396 e. The maximum absolute atomic E-state index is 9.13. The van der Waals surface area contributed by atoms with E-state index in [9.17, 15) is 0 Å². The average Bonchev–Trinajstić information content (AvgIpc) is 2.16. The Bertz CT molecular complexity index is 263. The summed E-state index contributed by atoms with van der Waals surface area (Å²) in [4.78, 5) is 0. The molecule has 0 saturated heterocycles. The van der Waals surface area contributed by atoms with E-state index in [1.165, 1.54) is 0 Å². The Balaban J connectivity index is 2.84. The van der Waals surface area contributed by atoms with Crippen LogP contribution in [0.15, 0.2) is 28.7 Å². The van der Waals surface area contributed by atoms with Crippen LogP contribution in [0.25, 0.3) is 0 Å². The first kappa shape index (κ1) is 10.7. The standard InChI is InChI=1S/C10H13BrO2/c1-13-7-8(6-12)9-4-2-3-5-10(9)11/h2-5,8,12H,6-7H2,1H3. The normalized spacial score (nSPS) is 12.8. The fourth-order valence-electron chi connectivity index (χ4n) is 1.25. The molecule has 1 aromatic rings. The molecular formula is C10H13BrO2. The smallest absolute Gasteiger partial charge is 0.0553 e. The Kier molecular flexibility index (Phi) is 4.42. The fourth-order valence-corrected chi connectivity index (χ4v) is 1.86. The summed E-state index contributed by atoms with van der Waals surface area (Å²) in [5.74, 6) is 0.0561. The van der Waals surface area contributed by atoms with Crippen molar-refractivity contribution in [1.82, 2.24) is 0 Å². The van der Waals surface area contributed by atoms with E-state index in [0.29, 0.717) is 6.61 Å². The van der Waals surface area contributed by atoms with Gasteiger partial charge in [-0.1, -0.05) is 34.1 Å². The summed E-state index contributed by atoms with van der Waals surface area (Å²) in [6, 6.07) is 7.87. The maximum atomic E-state index is 9.13. The van der Waals surface area contributed by atoms with E-state index in [-0.39, 0.29) is 12.5 Å². The lowest BCUT2D eigenvalue weighted by molar-refractivity contribution is 0.144. The van der Waals surface area contributed by atoms with Crippen LogP contribution in [0.4, 0.5) is 0 Å². The van der Waals surface area contributed by atoms with Crippen LogP contribution in [-0.4, -0.2) is 25.4 Å². The third kappa shape index (κ3) is 2.79. The Morgan fingerprint density at radius 1 is 1.46 bits per heavy atom. The third-order valence-corrected chi connectivity index (χ3v) is 2.66. The van der Waals surface area contributed by atoms with E-state index in [4.69, 9.17) is 9.84 Å². The number of aliphatic hydroxyl groups is 1. The Morgan fingerprint density at radius 3 is 2.69 bits per heavy atom. The summed E-state index contributed by atoms with van der Waals surface area (Å²) in [6.45, 7) is 0.648. The van der Waals surface area contributed by atoms with Crippen LogP contribution in [0.1, 0.15) is 11.5 Å². The van der Waals surface area contributed by atoms with Crippen molar-refractivity contribution in [3.8, 4) is 0 Å². The van der Waals surface area contributed by atoms with Gasteiger partial charge in [-0.05, 0) is 11.6 Å². The zero-order valence-corrected chi connectivity index (χ0v) is 9.12. The molecule has 0 aliphatic heterocycles. The second-order valence-corrected chi connectivity index (χ2v) is 3.71. The minimum atomic E-state index is 0.0561. The van der Waals surface area contributed by atoms with Crippen molar-refractivity contribution in [3.63, 3.8) is 0 Å². The van der Waals surface area contributed by atoms with Gasteiger partial charge in [0.15, 0.2) is 0 Å². The summed E-state index contributed by atoms with van der Waals surface area (Å²) in [7, 11) is 1.64. The van der Waals surface area contributed by atoms with Crippen molar-refractivity contribution >= 4 is 15.9 Å². The number of hydrogen-bond acceptors (Lipinski definition) is 2. The minimum absolute atomic E-state index is 0.0561. The van der Waals surface area contributed by atoms with Crippen LogP contribution >= 0.6 is 15.9 Å².